The number of nitrogens with two attached hydrogens (primary N) is 1. The van der Waals surface area contributed by atoms with Crippen LogP contribution < -0.4 is 15.4 Å². The van der Waals surface area contributed by atoms with Crippen molar-refractivity contribution in [2.24, 2.45) is 11.7 Å². The Balaban J connectivity index is 2.03. The number of benzene rings is 1. The summed E-state index contributed by atoms with van der Waals surface area (Å²) in [5.74, 6) is 0.230. The van der Waals surface area contributed by atoms with E-state index in [1.54, 1.807) is 32.0 Å². The summed E-state index contributed by atoms with van der Waals surface area (Å²) >= 11 is 0. The number of nitrogens with zero attached hydrogens (tertiary/aromatic N) is 2. The van der Waals surface area contributed by atoms with Gasteiger partial charge in [-0.1, -0.05) is 6.92 Å². The lowest BCUT2D eigenvalue weighted by atomic mass is 9.97. The van der Waals surface area contributed by atoms with E-state index in [4.69, 9.17) is 15.5 Å². The number of pyridine rings is 1. The Hall–Kier alpha value is -2.67. The number of hydrogen-bond donors (Lipinski definition) is 2. The molecule has 1 aliphatic heterocycles. The minimum absolute atomic E-state index is 0.0229. The van der Waals surface area contributed by atoms with Gasteiger partial charge in [-0.3, -0.25) is 4.79 Å². The van der Waals surface area contributed by atoms with Crippen LogP contribution in [0.15, 0.2) is 30.3 Å². The number of carbonyl (C=O) groups is 1. The highest BCUT2D eigenvalue weighted by Gasteiger charge is 2.38. The Bertz CT molecular complexity index is 953. The first kappa shape index (κ1) is 22.0. The highest BCUT2D eigenvalue weighted by Crippen LogP contribution is 2.38. The van der Waals surface area contributed by atoms with Gasteiger partial charge in [0.2, 0.25) is 0 Å². The smallest absolute Gasteiger partial charge is 0.252 e. The van der Waals surface area contributed by atoms with Crippen LogP contribution in [0.2, 0.25) is 0 Å². The third-order valence-electron chi connectivity index (χ3n) is 5.23. The van der Waals surface area contributed by atoms with E-state index >= 15 is 0 Å². The van der Waals surface area contributed by atoms with Crippen LogP contribution in [-0.4, -0.2) is 40.3 Å². The molecule has 1 amide bonds. The topological polar surface area (TPSA) is 88.7 Å². The van der Waals surface area contributed by atoms with Gasteiger partial charge in [-0.15, -0.1) is 0 Å². The van der Waals surface area contributed by atoms with Gasteiger partial charge >= 0.3 is 0 Å². The summed E-state index contributed by atoms with van der Waals surface area (Å²) < 4.78 is 19.8. The number of halogens is 1. The second-order valence-corrected chi connectivity index (χ2v) is 9.44. The molecule has 0 bridgehead atoms. The highest BCUT2D eigenvalue weighted by molar-refractivity contribution is 5.98. The van der Waals surface area contributed by atoms with E-state index in [9.17, 15) is 14.3 Å². The SMILES string of the molecule is C[C@@H]1CN(c2nc(-c3cc(F)cc(OCC(C)(C)O)c3)ccc2C(N)=O)C(C)(C)C1. The molecule has 30 heavy (non-hydrogen) atoms. The lowest BCUT2D eigenvalue weighted by Crippen LogP contribution is -2.40. The molecular formula is C23H30FN3O3. The van der Waals surface area contributed by atoms with E-state index < -0.39 is 17.3 Å². The number of aliphatic hydroxyl groups is 1. The third kappa shape index (κ3) is 4.90. The Morgan fingerprint density at radius 1 is 1.37 bits per heavy atom. The maximum atomic E-state index is 14.3. The molecule has 7 heteroatoms. The quantitative estimate of drug-likeness (QED) is 0.750. The van der Waals surface area contributed by atoms with Crippen molar-refractivity contribution in [1.82, 2.24) is 4.98 Å². The van der Waals surface area contributed by atoms with Crippen molar-refractivity contribution in [1.29, 1.82) is 0 Å². The van der Waals surface area contributed by atoms with Gasteiger partial charge in [0.15, 0.2) is 0 Å². The summed E-state index contributed by atoms with van der Waals surface area (Å²) in [6, 6.07) is 7.60. The van der Waals surface area contributed by atoms with Gasteiger partial charge in [-0.2, -0.15) is 0 Å². The summed E-state index contributed by atoms with van der Waals surface area (Å²) in [5.41, 5.74) is 5.76. The number of amides is 1. The first-order chi connectivity index (χ1) is 13.9. The molecule has 2 aromatic rings. The van der Waals surface area contributed by atoms with E-state index in [1.165, 1.54) is 12.1 Å². The molecule has 162 valence electrons. The lowest BCUT2D eigenvalue weighted by Gasteiger charge is -2.33. The second kappa shape index (κ2) is 7.87. The Labute approximate surface area is 176 Å². The lowest BCUT2D eigenvalue weighted by molar-refractivity contribution is 0.0284. The van der Waals surface area contributed by atoms with Gasteiger partial charge in [0, 0.05) is 23.7 Å². The average Bonchev–Trinajstić information content (AvgIpc) is 2.90. The molecule has 1 aromatic heterocycles. The summed E-state index contributed by atoms with van der Waals surface area (Å²) in [6.07, 6.45) is 0.964. The third-order valence-corrected chi connectivity index (χ3v) is 5.23. The number of primary amides is 1. The summed E-state index contributed by atoms with van der Waals surface area (Å²) in [7, 11) is 0. The van der Waals surface area contributed by atoms with Crippen molar-refractivity contribution in [2.75, 3.05) is 18.1 Å². The number of aromatic nitrogens is 1. The molecule has 3 N–H and O–H groups in total. The largest absolute Gasteiger partial charge is 0.490 e. The van der Waals surface area contributed by atoms with Crippen molar-refractivity contribution >= 4 is 11.7 Å². The van der Waals surface area contributed by atoms with Gasteiger partial charge in [0.05, 0.1) is 16.9 Å². The van der Waals surface area contributed by atoms with Crippen LogP contribution in [-0.2, 0) is 0 Å². The molecule has 0 saturated carbocycles. The molecule has 0 radical (unpaired) electrons. The molecule has 1 aromatic carbocycles. The van der Waals surface area contributed by atoms with Crippen molar-refractivity contribution in [3.63, 3.8) is 0 Å². The Morgan fingerprint density at radius 3 is 2.63 bits per heavy atom. The van der Waals surface area contributed by atoms with Crippen LogP contribution in [0.3, 0.4) is 0 Å². The van der Waals surface area contributed by atoms with Gasteiger partial charge in [0.25, 0.3) is 5.91 Å². The van der Waals surface area contributed by atoms with Gasteiger partial charge in [-0.25, -0.2) is 9.37 Å². The van der Waals surface area contributed by atoms with E-state index in [0.717, 1.165) is 13.0 Å². The maximum absolute atomic E-state index is 14.3. The zero-order valence-electron chi connectivity index (χ0n) is 18.2. The molecule has 1 aliphatic rings. The molecule has 0 aliphatic carbocycles. The number of anilines is 1. The second-order valence-electron chi connectivity index (χ2n) is 9.44. The van der Waals surface area contributed by atoms with Crippen LogP contribution in [0.1, 0.15) is 51.4 Å². The zero-order valence-corrected chi connectivity index (χ0v) is 18.2. The molecular weight excluding hydrogens is 385 g/mol. The van der Waals surface area contributed by atoms with E-state index in [0.29, 0.717) is 34.3 Å². The van der Waals surface area contributed by atoms with Crippen LogP contribution >= 0.6 is 0 Å². The number of hydrogen-bond acceptors (Lipinski definition) is 5. The summed E-state index contributed by atoms with van der Waals surface area (Å²) in [6.45, 7) is 10.4. The summed E-state index contributed by atoms with van der Waals surface area (Å²) in [4.78, 5) is 18.9. The van der Waals surface area contributed by atoms with Crippen LogP contribution in [0.5, 0.6) is 5.75 Å². The molecule has 1 saturated heterocycles. The van der Waals surface area contributed by atoms with E-state index in [2.05, 4.69) is 25.7 Å². The highest BCUT2D eigenvalue weighted by atomic mass is 19.1. The first-order valence-electron chi connectivity index (χ1n) is 10.1. The number of carbonyl (C=O) groups excluding carboxylic acids is 1. The van der Waals surface area contributed by atoms with E-state index in [1.807, 2.05) is 0 Å². The fourth-order valence-corrected chi connectivity index (χ4v) is 4.02. The molecule has 0 unspecified atom stereocenters. The van der Waals surface area contributed by atoms with Crippen molar-refractivity contribution < 1.29 is 19.0 Å². The number of rotatable bonds is 6. The molecule has 6 nitrogen and oxygen atoms in total. The monoisotopic (exact) mass is 415 g/mol. The standard InChI is InChI=1S/C23H30FN3O3/c1-14-11-22(2,3)27(12-14)21-18(20(25)28)6-7-19(26-21)15-8-16(24)10-17(9-15)30-13-23(4,5)29/h6-10,14,29H,11-13H2,1-5H3,(H2,25,28)/t14-/m0/s1. The maximum Gasteiger partial charge on any atom is 0.252 e. The fraction of sp³-hybridized carbons (Fsp3) is 0.478. The predicted molar refractivity (Wildman–Crippen MR) is 115 cm³/mol. The van der Waals surface area contributed by atoms with Crippen LogP contribution in [0.25, 0.3) is 11.3 Å². The van der Waals surface area contributed by atoms with Crippen LogP contribution in [0.4, 0.5) is 10.2 Å². The molecule has 0 spiro atoms. The minimum atomic E-state index is -1.04. The zero-order chi connectivity index (χ0) is 22.3. The molecule has 1 fully saturated rings. The molecule has 1 atom stereocenters. The molecule has 2 heterocycles. The fourth-order valence-electron chi connectivity index (χ4n) is 4.02. The average molecular weight is 416 g/mol. The molecule has 3 rings (SSSR count). The Kier molecular flexibility index (Phi) is 5.78. The Morgan fingerprint density at radius 2 is 2.07 bits per heavy atom. The normalized spacial score (nSPS) is 18.5. The van der Waals surface area contributed by atoms with Gasteiger partial charge in [-0.05, 0) is 64.3 Å². The minimum Gasteiger partial charge on any atom is -0.490 e. The van der Waals surface area contributed by atoms with Crippen molar-refractivity contribution in [3.8, 4) is 17.0 Å². The first-order valence-corrected chi connectivity index (χ1v) is 10.1. The number of ether oxygens (including phenoxy) is 1. The van der Waals surface area contributed by atoms with Crippen molar-refractivity contribution in [2.45, 2.75) is 52.2 Å². The van der Waals surface area contributed by atoms with Crippen molar-refractivity contribution in [3.05, 3.63) is 41.7 Å². The van der Waals surface area contributed by atoms with Crippen LogP contribution in [0, 0.1) is 11.7 Å². The predicted octanol–water partition coefficient (Wildman–Crippen LogP) is 3.76. The summed E-state index contributed by atoms with van der Waals surface area (Å²) in [5, 5.41) is 9.86. The van der Waals surface area contributed by atoms with Gasteiger partial charge in [0.1, 0.15) is 24.0 Å². The van der Waals surface area contributed by atoms with Gasteiger partial charge < -0.3 is 20.5 Å². The van der Waals surface area contributed by atoms with E-state index in [-0.39, 0.29) is 12.1 Å².